The molecule has 0 saturated carbocycles. The van der Waals surface area contributed by atoms with Crippen LogP contribution < -0.4 is 10.1 Å². The molecule has 0 aliphatic rings. The van der Waals surface area contributed by atoms with E-state index in [9.17, 15) is 9.59 Å². The van der Waals surface area contributed by atoms with Gasteiger partial charge in [-0.2, -0.15) is 0 Å². The number of aromatic nitrogens is 2. The lowest BCUT2D eigenvalue weighted by molar-refractivity contribution is 0.144. The van der Waals surface area contributed by atoms with Crippen molar-refractivity contribution in [2.45, 2.75) is 65.3 Å². The van der Waals surface area contributed by atoms with Crippen molar-refractivity contribution in [3.8, 4) is 16.9 Å². The summed E-state index contributed by atoms with van der Waals surface area (Å²) in [5.74, 6) is 1.29. The number of fused-ring (bicyclic) bond motifs is 1. The Bertz CT molecular complexity index is 1430. The van der Waals surface area contributed by atoms with Crippen molar-refractivity contribution in [3.05, 3.63) is 78.1 Å². The first-order valence-electron chi connectivity index (χ1n) is 14.0. The largest absolute Gasteiger partial charge is 0.511 e. The Kier molecular flexibility index (Phi) is 10.2. The molecule has 210 valence electrons. The van der Waals surface area contributed by atoms with Gasteiger partial charge in [-0.05, 0) is 48.2 Å². The van der Waals surface area contributed by atoms with E-state index in [1.54, 1.807) is 12.1 Å². The molecule has 0 atom stereocenters. The number of rotatable bonds is 13. The van der Waals surface area contributed by atoms with E-state index in [2.05, 4.69) is 23.7 Å². The third-order valence-electron chi connectivity index (χ3n) is 6.75. The highest BCUT2D eigenvalue weighted by Crippen LogP contribution is 2.31. The molecule has 0 radical (unpaired) electrons. The van der Waals surface area contributed by atoms with Gasteiger partial charge in [-0.25, -0.2) is 14.6 Å². The first kappa shape index (κ1) is 28.7. The van der Waals surface area contributed by atoms with Gasteiger partial charge in [0.2, 0.25) is 0 Å². The molecule has 0 spiro atoms. The van der Waals surface area contributed by atoms with Crippen LogP contribution in [0.2, 0.25) is 0 Å². The minimum atomic E-state index is -1.34. The zero-order valence-electron chi connectivity index (χ0n) is 23.2. The molecular weight excluding hydrogens is 506 g/mol. The Morgan fingerprint density at radius 1 is 0.925 bits per heavy atom. The van der Waals surface area contributed by atoms with Crippen molar-refractivity contribution in [1.29, 1.82) is 0 Å². The Balaban J connectivity index is 1.54. The highest BCUT2D eigenvalue weighted by Gasteiger charge is 2.14. The minimum Gasteiger partial charge on any atom is -0.449 e. The number of aryl methyl sites for hydroxylation is 1. The Morgan fingerprint density at radius 3 is 2.45 bits per heavy atom. The minimum absolute atomic E-state index is 0.296. The van der Waals surface area contributed by atoms with Crippen molar-refractivity contribution < 1.29 is 24.2 Å². The molecule has 4 aromatic rings. The summed E-state index contributed by atoms with van der Waals surface area (Å²) < 4.78 is 12.5. The summed E-state index contributed by atoms with van der Waals surface area (Å²) in [5, 5.41) is 11.9. The quantitative estimate of drug-likeness (QED) is 0.0999. The fraction of sp³-hybridized carbons (Fsp3) is 0.344. The Morgan fingerprint density at radius 2 is 1.70 bits per heavy atom. The molecule has 1 amide bonds. The van der Waals surface area contributed by atoms with Gasteiger partial charge in [0.05, 0.1) is 17.6 Å². The number of hydrogen-bond acceptors (Lipinski definition) is 5. The van der Waals surface area contributed by atoms with E-state index in [-0.39, 0.29) is 0 Å². The molecule has 0 unspecified atom stereocenters. The average Bonchev–Trinajstić information content (AvgIpc) is 3.28. The normalized spacial score (nSPS) is 10.9. The van der Waals surface area contributed by atoms with Crippen molar-refractivity contribution >= 4 is 29.0 Å². The van der Waals surface area contributed by atoms with Gasteiger partial charge in [-0.15, -0.1) is 0 Å². The van der Waals surface area contributed by atoms with E-state index < -0.39 is 12.2 Å². The molecule has 8 nitrogen and oxygen atoms in total. The van der Waals surface area contributed by atoms with Gasteiger partial charge in [-0.1, -0.05) is 82.0 Å². The number of nitrogens with zero attached hydrogens (tertiary/aromatic N) is 2. The molecule has 1 aromatic heterocycles. The Hall–Kier alpha value is -4.33. The molecule has 1 heterocycles. The summed E-state index contributed by atoms with van der Waals surface area (Å²) >= 11 is 0. The van der Waals surface area contributed by atoms with Gasteiger partial charge in [-0.3, -0.25) is 5.32 Å². The highest BCUT2D eigenvalue weighted by molar-refractivity contribution is 5.89. The second-order valence-corrected chi connectivity index (χ2v) is 9.80. The molecule has 0 fully saturated rings. The van der Waals surface area contributed by atoms with Crippen LogP contribution in [0.25, 0.3) is 22.2 Å². The zero-order chi connectivity index (χ0) is 28.3. The van der Waals surface area contributed by atoms with Gasteiger partial charge >= 0.3 is 12.2 Å². The molecule has 0 saturated heterocycles. The smallest absolute Gasteiger partial charge is 0.449 e. The van der Waals surface area contributed by atoms with Crippen LogP contribution in [0.1, 0.15) is 63.8 Å². The van der Waals surface area contributed by atoms with E-state index in [1.165, 1.54) is 0 Å². The van der Waals surface area contributed by atoms with Crippen LogP contribution in [0, 0.1) is 0 Å². The third kappa shape index (κ3) is 7.62. The van der Waals surface area contributed by atoms with Crippen molar-refractivity contribution in [3.63, 3.8) is 0 Å². The van der Waals surface area contributed by atoms with Gasteiger partial charge < -0.3 is 19.1 Å². The number of amides is 1. The van der Waals surface area contributed by atoms with Crippen molar-refractivity contribution in [2.75, 3.05) is 11.9 Å². The maximum absolute atomic E-state index is 12.3. The number of carboxylic acid groups (broad SMARTS) is 1. The molecule has 2 N–H and O–H groups in total. The predicted octanol–water partition coefficient (Wildman–Crippen LogP) is 8.28. The van der Waals surface area contributed by atoms with Crippen LogP contribution in [-0.4, -0.2) is 33.5 Å². The van der Waals surface area contributed by atoms with Gasteiger partial charge in [0.15, 0.2) is 0 Å². The lowest BCUT2D eigenvalue weighted by Crippen LogP contribution is -2.14. The number of unbranched alkanes of at least 4 members (excludes halogenated alkanes) is 4. The second kappa shape index (κ2) is 14.2. The first-order valence-corrected chi connectivity index (χ1v) is 14.0. The fourth-order valence-corrected chi connectivity index (χ4v) is 4.66. The van der Waals surface area contributed by atoms with Gasteiger partial charge in [0, 0.05) is 24.2 Å². The lowest BCUT2D eigenvalue weighted by atomic mass is 10.0. The lowest BCUT2D eigenvalue weighted by Gasteiger charge is -2.12. The number of ether oxygens (including phenoxy) is 2. The monoisotopic (exact) mass is 543 g/mol. The van der Waals surface area contributed by atoms with E-state index >= 15 is 0 Å². The molecule has 40 heavy (non-hydrogen) atoms. The summed E-state index contributed by atoms with van der Waals surface area (Å²) in [6.45, 7) is 5.33. The number of carbonyl (C=O) groups is 2. The van der Waals surface area contributed by atoms with E-state index in [4.69, 9.17) is 19.6 Å². The SMILES string of the molecule is CCCCCCOC(=O)Nc1ccc2nc(CCCC)n(Cc3ccc(-c4ccccc4OC(=O)O)cc3)c2c1. The maximum atomic E-state index is 12.3. The molecule has 0 bridgehead atoms. The zero-order valence-corrected chi connectivity index (χ0v) is 23.2. The summed E-state index contributed by atoms with van der Waals surface area (Å²) in [5.41, 5.74) is 5.13. The number of benzene rings is 3. The number of imidazole rings is 1. The number of anilines is 1. The highest BCUT2D eigenvalue weighted by atomic mass is 16.7. The second-order valence-electron chi connectivity index (χ2n) is 9.80. The predicted molar refractivity (Wildman–Crippen MR) is 157 cm³/mol. The van der Waals surface area contributed by atoms with E-state index in [0.717, 1.165) is 72.9 Å². The summed E-state index contributed by atoms with van der Waals surface area (Å²) in [6, 6.07) is 20.8. The van der Waals surface area contributed by atoms with E-state index in [1.807, 2.05) is 54.6 Å². The Labute approximate surface area is 235 Å². The van der Waals surface area contributed by atoms with Crippen LogP contribution in [0.15, 0.2) is 66.7 Å². The maximum Gasteiger partial charge on any atom is 0.511 e. The molecule has 0 aliphatic carbocycles. The van der Waals surface area contributed by atoms with Gasteiger partial charge in [0.25, 0.3) is 0 Å². The number of hydrogen-bond donors (Lipinski definition) is 2. The molecule has 4 rings (SSSR count). The fourth-order valence-electron chi connectivity index (χ4n) is 4.66. The van der Waals surface area contributed by atoms with E-state index in [0.29, 0.717) is 30.2 Å². The first-order chi connectivity index (χ1) is 19.5. The van der Waals surface area contributed by atoms with Gasteiger partial charge in [0.1, 0.15) is 11.6 Å². The summed E-state index contributed by atoms with van der Waals surface area (Å²) in [6.07, 6.45) is 5.35. The van der Waals surface area contributed by atoms with Crippen LogP contribution in [-0.2, 0) is 17.7 Å². The van der Waals surface area contributed by atoms with Crippen LogP contribution in [0.5, 0.6) is 5.75 Å². The number of carbonyl (C=O) groups excluding carboxylic acids is 1. The number of nitrogens with one attached hydrogen (secondary N) is 1. The molecular formula is C32H37N3O5. The summed E-state index contributed by atoms with van der Waals surface area (Å²) in [4.78, 5) is 28.3. The standard InChI is InChI=1S/C32H37N3O5/c1-3-5-7-10-20-39-31(36)33-25-18-19-27-28(21-25)35(30(34-27)13-6-4-2)22-23-14-16-24(17-15-23)26-11-8-9-12-29(26)40-32(37)38/h8-9,11-12,14-19,21H,3-7,10,13,20,22H2,1-2H3,(H,33,36)(H,37,38). The number of para-hydroxylation sites is 1. The van der Waals surface area contributed by atoms with Crippen LogP contribution in [0.3, 0.4) is 0 Å². The van der Waals surface area contributed by atoms with Crippen LogP contribution >= 0.6 is 0 Å². The van der Waals surface area contributed by atoms with Crippen molar-refractivity contribution in [2.24, 2.45) is 0 Å². The average molecular weight is 544 g/mol. The van der Waals surface area contributed by atoms with Crippen molar-refractivity contribution in [1.82, 2.24) is 9.55 Å². The van der Waals surface area contributed by atoms with Crippen LogP contribution in [0.4, 0.5) is 15.3 Å². The molecule has 8 heteroatoms. The topological polar surface area (TPSA) is 103 Å². The molecule has 3 aromatic carbocycles. The molecule has 0 aliphatic heterocycles. The third-order valence-corrected chi connectivity index (χ3v) is 6.75. The summed E-state index contributed by atoms with van der Waals surface area (Å²) in [7, 11) is 0.